The van der Waals surface area contributed by atoms with Crippen LogP contribution in [0.1, 0.15) is 38.2 Å². The summed E-state index contributed by atoms with van der Waals surface area (Å²) in [5.41, 5.74) is 1.26. The molecule has 23 heavy (non-hydrogen) atoms. The van der Waals surface area contributed by atoms with Gasteiger partial charge in [-0.15, -0.1) is 0 Å². The predicted octanol–water partition coefficient (Wildman–Crippen LogP) is 3.01. The monoisotopic (exact) mass is 316 g/mol. The summed E-state index contributed by atoms with van der Waals surface area (Å²) in [7, 11) is 0. The molecule has 1 heterocycles. The van der Waals surface area contributed by atoms with Crippen LogP contribution in [0.2, 0.25) is 0 Å². The first-order valence-electron chi connectivity index (χ1n) is 8.55. The van der Waals surface area contributed by atoms with Gasteiger partial charge in [0.1, 0.15) is 0 Å². The number of allylic oxidation sites excluding steroid dienone is 1. The highest BCUT2D eigenvalue weighted by atomic mass is 16.4. The molecular formula is C19H28N2O2. The van der Waals surface area contributed by atoms with Crippen molar-refractivity contribution in [1.29, 1.82) is 0 Å². The summed E-state index contributed by atoms with van der Waals surface area (Å²) in [4.78, 5) is 12.5. The summed E-state index contributed by atoms with van der Waals surface area (Å²) in [5, 5.41) is 12.2. The summed E-state index contributed by atoms with van der Waals surface area (Å²) in [6.45, 7) is 4.08. The quantitative estimate of drug-likeness (QED) is 0.877. The Morgan fingerprint density at radius 3 is 2.30 bits per heavy atom. The molecule has 126 valence electrons. The lowest BCUT2D eigenvalue weighted by Gasteiger charge is -2.31. The molecule has 2 aliphatic rings. The molecule has 0 unspecified atom stereocenters. The standard InChI is InChI=1S/C10H18N2O2.C9H10/c13-10(14)7-12-5-3-9(4-6-12)11-8-1-2-8;1-2-6-9-7-4-3-5-8-9/h8-9,11H,1-7H2,(H,13,14);2-8H,1H3/b;6-2-. The van der Waals surface area contributed by atoms with Gasteiger partial charge < -0.3 is 10.4 Å². The molecule has 1 saturated heterocycles. The molecule has 3 rings (SSSR count). The lowest BCUT2D eigenvalue weighted by molar-refractivity contribution is -0.138. The van der Waals surface area contributed by atoms with Crippen LogP contribution in [0.5, 0.6) is 0 Å². The first-order valence-corrected chi connectivity index (χ1v) is 8.55. The fraction of sp³-hybridized carbons (Fsp3) is 0.526. The number of likely N-dealkylation sites (tertiary alicyclic amines) is 1. The molecule has 0 spiro atoms. The number of carboxylic acid groups (broad SMARTS) is 1. The van der Waals surface area contributed by atoms with Crippen molar-refractivity contribution in [2.45, 2.75) is 44.7 Å². The maximum atomic E-state index is 10.5. The van der Waals surface area contributed by atoms with Crippen molar-refractivity contribution in [1.82, 2.24) is 10.2 Å². The summed E-state index contributed by atoms with van der Waals surface area (Å²) in [5.74, 6) is -0.710. The van der Waals surface area contributed by atoms with E-state index in [9.17, 15) is 4.79 Å². The minimum atomic E-state index is -0.710. The smallest absolute Gasteiger partial charge is 0.317 e. The van der Waals surface area contributed by atoms with Gasteiger partial charge in [-0.25, -0.2) is 0 Å². The zero-order valence-corrected chi connectivity index (χ0v) is 13.9. The largest absolute Gasteiger partial charge is 0.480 e. The molecule has 1 saturated carbocycles. The van der Waals surface area contributed by atoms with Crippen LogP contribution in [0.4, 0.5) is 0 Å². The van der Waals surface area contributed by atoms with E-state index in [1.807, 2.05) is 36.1 Å². The Balaban J connectivity index is 0.000000185. The number of carbonyl (C=O) groups is 1. The van der Waals surface area contributed by atoms with Crippen LogP contribution in [0.3, 0.4) is 0 Å². The van der Waals surface area contributed by atoms with E-state index >= 15 is 0 Å². The normalized spacial score (nSPS) is 19.3. The number of piperidine rings is 1. The molecule has 2 fully saturated rings. The van der Waals surface area contributed by atoms with Crippen molar-refractivity contribution in [3.05, 3.63) is 42.0 Å². The van der Waals surface area contributed by atoms with Gasteiger partial charge in [0.25, 0.3) is 0 Å². The SMILES string of the molecule is C/C=C\c1ccccc1.O=C(O)CN1CCC(NC2CC2)CC1. The van der Waals surface area contributed by atoms with E-state index in [1.165, 1.54) is 18.4 Å². The van der Waals surface area contributed by atoms with Gasteiger partial charge in [-0.2, -0.15) is 0 Å². The molecule has 0 atom stereocenters. The number of rotatable bonds is 5. The average molecular weight is 316 g/mol. The van der Waals surface area contributed by atoms with Crippen molar-refractivity contribution in [3.8, 4) is 0 Å². The molecule has 0 amide bonds. The molecular weight excluding hydrogens is 288 g/mol. The summed E-state index contributed by atoms with van der Waals surface area (Å²) >= 11 is 0. The van der Waals surface area contributed by atoms with Crippen molar-refractivity contribution >= 4 is 12.0 Å². The summed E-state index contributed by atoms with van der Waals surface area (Å²) < 4.78 is 0. The third kappa shape index (κ3) is 7.44. The van der Waals surface area contributed by atoms with Gasteiger partial charge >= 0.3 is 5.97 Å². The van der Waals surface area contributed by atoms with Gasteiger partial charge in [0, 0.05) is 25.2 Å². The van der Waals surface area contributed by atoms with Crippen LogP contribution in [0, 0.1) is 0 Å². The number of benzene rings is 1. The van der Waals surface area contributed by atoms with E-state index in [-0.39, 0.29) is 6.54 Å². The third-order valence-electron chi connectivity index (χ3n) is 4.15. The van der Waals surface area contributed by atoms with Crippen LogP contribution in [0.15, 0.2) is 36.4 Å². The first-order chi connectivity index (χ1) is 11.2. The van der Waals surface area contributed by atoms with Crippen LogP contribution in [-0.2, 0) is 4.79 Å². The summed E-state index contributed by atoms with van der Waals surface area (Å²) in [6.07, 6.45) is 8.98. The fourth-order valence-corrected chi connectivity index (χ4v) is 2.79. The molecule has 1 aromatic rings. The number of aliphatic carboxylic acids is 1. The van der Waals surface area contributed by atoms with Gasteiger partial charge in [-0.05, 0) is 38.2 Å². The van der Waals surface area contributed by atoms with E-state index in [2.05, 4.69) is 23.5 Å². The van der Waals surface area contributed by atoms with Crippen molar-refractivity contribution < 1.29 is 9.90 Å². The lowest BCUT2D eigenvalue weighted by Crippen LogP contribution is -2.44. The topological polar surface area (TPSA) is 52.6 Å². The Labute approximate surface area is 139 Å². The maximum Gasteiger partial charge on any atom is 0.317 e. The van der Waals surface area contributed by atoms with E-state index in [1.54, 1.807) is 0 Å². The molecule has 0 bridgehead atoms. The second-order valence-corrected chi connectivity index (χ2v) is 6.30. The number of hydrogen-bond donors (Lipinski definition) is 2. The first kappa shape index (κ1) is 17.7. The number of carboxylic acids is 1. The molecule has 0 radical (unpaired) electrons. The van der Waals surface area contributed by atoms with Crippen molar-refractivity contribution in [3.63, 3.8) is 0 Å². The highest BCUT2D eigenvalue weighted by Gasteiger charge is 2.27. The molecule has 1 aliphatic heterocycles. The maximum absolute atomic E-state index is 10.5. The highest BCUT2D eigenvalue weighted by Crippen LogP contribution is 2.22. The zero-order valence-electron chi connectivity index (χ0n) is 13.9. The fourth-order valence-electron chi connectivity index (χ4n) is 2.79. The van der Waals surface area contributed by atoms with E-state index in [4.69, 9.17) is 5.11 Å². The van der Waals surface area contributed by atoms with Crippen molar-refractivity contribution in [2.75, 3.05) is 19.6 Å². The molecule has 4 heteroatoms. The second-order valence-electron chi connectivity index (χ2n) is 6.30. The molecule has 0 aromatic heterocycles. The summed E-state index contributed by atoms with van der Waals surface area (Å²) in [6, 6.07) is 11.7. The van der Waals surface area contributed by atoms with Crippen LogP contribution in [-0.4, -0.2) is 47.7 Å². The Morgan fingerprint density at radius 2 is 1.78 bits per heavy atom. The number of nitrogens with zero attached hydrogens (tertiary/aromatic N) is 1. The molecule has 2 N–H and O–H groups in total. The molecule has 1 aromatic carbocycles. The van der Waals surface area contributed by atoms with E-state index < -0.39 is 5.97 Å². The zero-order chi connectivity index (χ0) is 16.5. The molecule has 4 nitrogen and oxygen atoms in total. The van der Waals surface area contributed by atoms with Gasteiger partial charge in [0.15, 0.2) is 0 Å². The van der Waals surface area contributed by atoms with Crippen molar-refractivity contribution in [2.24, 2.45) is 0 Å². The Kier molecular flexibility index (Phi) is 7.30. The molecule has 1 aliphatic carbocycles. The Bertz CT molecular complexity index is 489. The highest BCUT2D eigenvalue weighted by molar-refractivity contribution is 5.69. The number of hydrogen-bond acceptors (Lipinski definition) is 3. The second kappa shape index (κ2) is 9.48. The van der Waals surface area contributed by atoms with Gasteiger partial charge in [-0.1, -0.05) is 42.5 Å². The van der Waals surface area contributed by atoms with Crippen LogP contribution < -0.4 is 5.32 Å². The predicted molar refractivity (Wildman–Crippen MR) is 94.4 cm³/mol. The minimum Gasteiger partial charge on any atom is -0.480 e. The van der Waals surface area contributed by atoms with E-state index in [0.717, 1.165) is 32.0 Å². The van der Waals surface area contributed by atoms with Gasteiger partial charge in [0.2, 0.25) is 0 Å². The van der Waals surface area contributed by atoms with Crippen LogP contribution >= 0.6 is 0 Å². The van der Waals surface area contributed by atoms with Gasteiger partial charge in [-0.3, -0.25) is 9.69 Å². The Morgan fingerprint density at radius 1 is 1.17 bits per heavy atom. The Hall–Kier alpha value is -1.65. The number of nitrogens with one attached hydrogen (secondary N) is 1. The average Bonchev–Trinajstić information content (AvgIpc) is 3.35. The lowest BCUT2D eigenvalue weighted by atomic mass is 10.1. The third-order valence-corrected chi connectivity index (χ3v) is 4.15. The van der Waals surface area contributed by atoms with E-state index in [0.29, 0.717) is 6.04 Å². The minimum absolute atomic E-state index is 0.205. The van der Waals surface area contributed by atoms with Gasteiger partial charge in [0.05, 0.1) is 6.54 Å². The van der Waals surface area contributed by atoms with Crippen LogP contribution in [0.25, 0.3) is 6.08 Å².